The number of benzene rings is 1. The van der Waals surface area contributed by atoms with Crippen molar-refractivity contribution in [1.82, 2.24) is 9.97 Å². The maximum absolute atomic E-state index is 10.1. The molecule has 0 bridgehead atoms. The number of aliphatic hydroxyl groups is 1. The molecule has 0 aliphatic rings. The molecule has 1 aromatic heterocycles. The van der Waals surface area contributed by atoms with Crippen molar-refractivity contribution < 1.29 is 9.76 Å². The molecule has 1 heterocycles. The molecule has 6 heteroatoms. The second-order valence-electron chi connectivity index (χ2n) is 5.98. The number of rotatable bonds is 4. The Bertz CT molecular complexity index is 623. The Balaban J connectivity index is 2.17. The lowest BCUT2D eigenvalue weighted by Gasteiger charge is -2.37. The van der Waals surface area contributed by atoms with E-state index < -0.39 is 11.2 Å². The van der Waals surface area contributed by atoms with Crippen molar-refractivity contribution in [2.45, 2.75) is 38.9 Å². The van der Waals surface area contributed by atoms with Gasteiger partial charge in [-0.15, -0.1) is 0 Å². The van der Waals surface area contributed by atoms with Gasteiger partial charge in [0.15, 0.2) is 0 Å². The second kappa shape index (κ2) is 5.03. The first-order chi connectivity index (χ1) is 9.19. The molecule has 3 N–H and O–H groups in total. The van der Waals surface area contributed by atoms with Gasteiger partial charge in [-0.3, -0.25) is 0 Å². The Labute approximate surface area is 119 Å². The molecule has 5 nitrogen and oxygen atoms in total. The summed E-state index contributed by atoms with van der Waals surface area (Å²) in [7, 11) is 0.414. The van der Waals surface area contributed by atoms with E-state index in [-0.39, 0.29) is 5.95 Å². The summed E-state index contributed by atoms with van der Waals surface area (Å²) in [5, 5.41) is 11.0. The van der Waals surface area contributed by atoms with Gasteiger partial charge in [-0.05, 0) is 33.8 Å². The van der Waals surface area contributed by atoms with Crippen molar-refractivity contribution in [2.24, 2.45) is 0 Å². The summed E-state index contributed by atoms with van der Waals surface area (Å²) >= 11 is 0. The van der Waals surface area contributed by atoms with Crippen LogP contribution in [0.2, 0.25) is 0 Å². The predicted molar refractivity (Wildman–Crippen MR) is 82.2 cm³/mol. The number of aromatic nitrogens is 2. The van der Waals surface area contributed by atoms with E-state index in [1.54, 1.807) is 20.0 Å². The van der Waals surface area contributed by atoms with Gasteiger partial charge in [-0.2, -0.15) is 0 Å². The van der Waals surface area contributed by atoms with E-state index in [0.29, 0.717) is 7.48 Å². The molecule has 2 rings (SSSR count). The summed E-state index contributed by atoms with van der Waals surface area (Å²) in [6, 6.07) is 5.80. The van der Waals surface area contributed by atoms with Gasteiger partial charge in [0.1, 0.15) is 0 Å². The SMILES string of the molecule is CC(C)(O)C(C)(C)OBc1ccc2nc(N)ncc2c1. The first-order valence-corrected chi connectivity index (χ1v) is 6.56. The first kappa shape index (κ1) is 14.7. The number of anilines is 1. The third-order valence-electron chi connectivity index (χ3n) is 3.74. The molecule has 0 saturated heterocycles. The highest BCUT2D eigenvalue weighted by molar-refractivity contribution is 6.47. The minimum absolute atomic E-state index is 0.268. The Morgan fingerprint density at radius 1 is 1.25 bits per heavy atom. The summed E-state index contributed by atoms with van der Waals surface area (Å²) in [4.78, 5) is 8.13. The van der Waals surface area contributed by atoms with Crippen LogP contribution >= 0.6 is 0 Å². The van der Waals surface area contributed by atoms with Crippen LogP contribution in [-0.4, -0.2) is 33.8 Å². The molecule has 0 aliphatic carbocycles. The fourth-order valence-electron chi connectivity index (χ4n) is 1.63. The van der Waals surface area contributed by atoms with Crippen molar-refractivity contribution in [3.63, 3.8) is 0 Å². The maximum Gasteiger partial charge on any atom is 0.309 e. The summed E-state index contributed by atoms with van der Waals surface area (Å²) in [6.07, 6.45) is 1.70. The summed E-state index contributed by atoms with van der Waals surface area (Å²) in [5.74, 6) is 0.268. The number of nitrogens with zero attached hydrogens (tertiary/aromatic N) is 2. The van der Waals surface area contributed by atoms with Gasteiger partial charge in [0, 0.05) is 11.6 Å². The zero-order valence-electron chi connectivity index (χ0n) is 12.3. The maximum atomic E-state index is 10.1. The van der Waals surface area contributed by atoms with Crippen LogP contribution in [0.15, 0.2) is 24.4 Å². The van der Waals surface area contributed by atoms with Crippen LogP contribution in [0.4, 0.5) is 5.95 Å². The average molecular weight is 273 g/mol. The third kappa shape index (κ3) is 3.08. The molecular weight excluding hydrogens is 253 g/mol. The molecule has 0 radical (unpaired) electrons. The Morgan fingerprint density at radius 3 is 2.60 bits per heavy atom. The van der Waals surface area contributed by atoms with E-state index in [1.165, 1.54) is 0 Å². The lowest BCUT2D eigenvalue weighted by Crippen LogP contribution is -2.49. The second-order valence-corrected chi connectivity index (χ2v) is 5.98. The van der Waals surface area contributed by atoms with Crippen molar-refractivity contribution >= 4 is 29.8 Å². The van der Waals surface area contributed by atoms with E-state index >= 15 is 0 Å². The highest BCUT2D eigenvalue weighted by Crippen LogP contribution is 2.24. The molecule has 0 fully saturated rings. The van der Waals surface area contributed by atoms with Crippen molar-refractivity contribution in [2.75, 3.05) is 5.73 Å². The average Bonchev–Trinajstić information content (AvgIpc) is 2.35. The molecule has 0 saturated carbocycles. The fraction of sp³-hybridized carbons (Fsp3) is 0.429. The highest BCUT2D eigenvalue weighted by atomic mass is 16.5. The van der Waals surface area contributed by atoms with E-state index in [1.807, 2.05) is 32.0 Å². The molecular formula is C14H20BN3O2. The standard InChI is InChI=1S/C14H20BN3O2/c1-13(2,19)14(3,4)20-15-10-5-6-11-9(7-10)8-17-12(16)18-11/h5-8,15,19H,1-4H3,(H2,16,17,18). The van der Waals surface area contributed by atoms with Crippen LogP contribution in [0.25, 0.3) is 10.9 Å². The first-order valence-electron chi connectivity index (χ1n) is 6.56. The van der Waals surface area contributed by atoms with Gasteiger partial charge in [-0.25, -0.2) is 9.97 Å². The predicted octanol–water partition coefficient (Wildman–Crippen LogP) is 0.755. The van der Waals surface area contributed by atoms with Crippen molar-refractivity contribution in [3.05, 3.63) is 24.4 Å². The molecule has 0 aliphatic heterocycles. The zero-order chi connectivity index (χ0) is 15.0. The van der Waals surface area contributed by atoms with Crippen LogP contribution < -0.4 is 11.2 Å². The monoisotopic (exact) mass is 273 g/mol. The van der Waals surface area contributed by atoms with Gasteiger partial charge >= 0.3 is 7.48 Å². The number of hydrogen-bond donors (Lipinski definition) is 2. The third-order valence-corrected chi connectivity index (χ3v) is 3.74. The van der Waals surface area contributed by atoms with E-state index in [9.17, 15) is 5.11 Å². The minimum atomic E-state index is -0.915. The smallest absolute Gasteiger partial charge is 0.309 e. The molecule has 1 aromatic carbocycles. The fourth-order valence-corrected chi connectivity index (χ4v) is 1.63. The Hall–Kier alpha value is -1.66. The molecule has 20 heavy (non-hydrogen) atoms. The number of hydrogen-bond acceptors (Lipinski definition) is 5. The van der Waals surface area contributed by atoms with Crippen LogP contribution in [0.3, 0.4) is 0 Å². The lowest BCUT2D eigenvalue weighted by atomic mass is 9.82. The summed E-state index contributed by atoms with van der Waals surface area (Å²) in [5.41, 5.74) is 5.81. The number of fused-ring (bicyclic) bond motifs is 1. The largest absolute Gasteiger partial charge is 0.427 e. The molecule has 106 valence electrons. The van der Waals surface area contributed by atoms with Gasteiger partial charge in [-0.1, -0.05) is 17.6 Å². The Kier molecular flexibility index (Phi) is 3.71. The topological polar surface area (TPSA) is 81.3 Å². The summed E-state index contributed by atoms with van der Waals surface area (Å²) < 4.78 is 5.84. The van der Waals surface area contributed by atoms with E-state index in [2.05, 4.69) is 9.97 Å². The quantitative estimate of drug-likeness (QED) is 0.803. The van der Waals surface area contributed by atoms with Gasteiger partial charge < -0.3 is 15.5 Å². The normalized spacial score (nSPS) is 12.7. The highest BCUT2D eigenvalue weighted by Gasteiger charge is 2.35. The van der Waals surface area contributed by atoms with Crippen LogP contribution in [0, 0.1) is 0 Å². The van der Waals surface area contributed by atoms with E-state index in [4.69, 9.17) is 10.4 Å². The van der Waals surface area contributed by atoms with Gasteiger partial charge in [0.25, 0.3) is 0 Å². The molecule has 0 unspecified atom stereocenters. The molecule has 0 amide bonds. The van der Waals surface area contributed by atoms with Crippen molar-refractivity contribution in [1.29, 1.82) is 0 Å². The zero-order valence-corrected chi connectivity index (χ0v) is 12.3. The van der Waals surface area contributed by atoms with Crippen LogP contribution in [0.5, 0.6) is 0 Å². The van der Waals surface area contributed by atoms with Crippen LogP contribution in [-0.2, 0) is 4.65 Å². The summed E-state index contributed by atoms with van der Waals surface area (Å²) in [6.45, 7) is 7.23. The van der Waals surface area contributed by atoms with Crippen molar-refractivity contribution in [3.8, 4) is 0 Å². The van der Waals surface area contributed by atoms with Gasteiger partial charge in [0.05, 0.1) is 16.7 Å². The molecule has 0 atom stereocenters. The number of nitrogens with two attached hydrogens (primary N) is 1. The van der Waals surface area contributed by atoms with Crippen LogP contribution in [0.1, 0.15) is 27.7 Å². The van der Waals surface area contributed by atoms with Gasteiger partial charge in [0.2, 0.25) is 5.95 Å². The van der Waals surface area contributed by atoms with E-state index in [0.717, 1.165) is 16.4 Å². The molecule has 2 aromatic rings. The number of nitrogen functional groups attached to an aromatic ring is 1. The molecule has 0 spiro atoms. The Morgan fingerprint density at radius 2 is 1.95 bits per heavy atom. The lowest BCUT2D eigenvalue weighted by molar-refractivity contribution is -0.0893. The minimum Gasteiger partial charge on any atom is -0.427 e.